The van der Waals surface area contributed by atoms with E-state index in [-0.39, 0.29) is 24.3 Å². The standard InChI is InChI=1S/C28H31N5O4/c1-16(2)24(23-12-17(3)32-37-23)26(35)33-15-21(34)13-22(33)25-30-27(36)28(4,31-25)20-9-7-18(8-10-20)19-6-5-11-29-14-19/h5-12,14,16,21-22,24,34H,13,15H2,1-4H3,(H,30,31,36)/t21-,22-,24+,28-/m1/s1. The van der Waals surface area contributed by atoms with E-state index in [1.54, 1.807) is 30.3 Å². The molecule has 2 aliphatic rings. The van der Waals surface area contributed by atoms with Gasteiger partial charge in [-0.1, -0.05) is 49.3 Å². The Morgan fingerprint density at radius 3 is 2.59 bits per heavy atom. The smallest absolute Gasteiger partial charge is 0.257 e. The molecule has 0 radical (unpaired) electrons. The molecule has 1 fully saturated rings. The number of rotatable bonds is 6. The van der Waals surface area contributed by atoms with Gasteiger partial charge in [0.25, 0.3) is 5.91 Å². The summed E-state index contributed by atoms with van der Waals surface area (Å²) in [5.74, 6) is -0.172. The molecule has 2 aliphatic heterocycles. The van der Waals surface area contributed by atoms with Crippen molar-refractivity contribution in [3.8, 4) is 11.1 Å². The number of amidine groups is 1. The number of pyridine rings is 1. The monoisotopic (exact) mass is 501 g/mol. The normalized spacial score (nSPS) is 24.3. The number of β-amino-alcohol motifs (C(OH)–C–C–N with tert-alkyl or cyclic N) is 1. The molecule has 4 heterocycles. The van der Waals surface area contributed by atoms with E-state index in [9.17, 15) is 14.7 Å². The fraction of sp³-hybridized carbons (Fsp3) is 0.393. The third-order valence-electron chi connectivity index (χ3n) is 7.23. The van der Waals surface area contributed by atoms with Gasteiger partial charge in [0.2, 0.25) is 5.91 Å². The van der Waals surface area contributed by atoms with Gasteiger partial charge in [0.05, 0.1) is 17.8 Å². The molecule has 0 unspecified atom stereocenters. The second-order valence-electron chi connectivity index (χ2n) is 10.3. The zero-order valence-corrected chi connectivity index (χ0v) is 21.4. The maximum Gasteiger partial charge on any atom is 0.257 e. The molecule has 0 bridgehead atoms. The number of nitrogens with one attached hydrogen (secondary N) is 1. The topological polar surface area (TPSA) is 121 Å². The van der Waals surface area contributed by atoms with Gasteiger partial charge in [0.15, 0.2) is 5.54 Å². The first-order chi connectivity index (χ1) is 17.7. The molecule has 5 rings (SSSR count). The lowest BCUT2D eigenvalue weighted by Crippen LogP contribution is -2.48. The summed E-state index contributed by atoms with van der Waals surface area (Å²) in [6.45, 7) is 7.63. The quantitative estimate of drug-likeness (QED) is 0.535. The zero-order chi connectivity index (χ0) is 26.3. The lowest BCUT2D eigenvalue weighted by Gasteiger charge is -2.29. The van der Waals surface area contributed by atoms with Crippen molar-refractivity contribution in [1.82, 2.24) is 20.4 Å². The first-order valence-electron chi connectivity index (χ1n) is 12.5. The van der Waals surface area contributed by atoms with Gasteiger partial charge >= 0.3 is 0 Å². The summed E-state index contributed by atoms with van der Waals surface area (Å²) >= 11 is 0. The number of aliphatic imine (C=N–C) groups is 1. The predicted molar refractivity (Wildman–Crippen MR) is 138 cm³/mol. The molecule has 2 N–H and O–H groups in total. The number of hydrogen-bond donors (Lipinski definition) is 2. The molecule has 4 atom stereocenters. The molecule has 1 aromatic carbocycles. The lowest BCUT2D eigenvalue weighted by atomic mass is 9.91. The summed E-state index contributed by atoms with van der Waals surface area (Å²) in [5.41, 5.74) is 2.26. The van der Waals surface area contributed by atoms with Gasteiger partial charge in [-0.3, -0.25) is 14.6 Å². The highest BCUT2D eigenvalue weighted by atomic mass is 16.5. The summed E-state index contributed by atoms with van der Waals surface area (Å²) in [6.07, 6.45) is 3.09. The average molecular weight is 502 g/mol. The minimum absolute atomic E-state index is 0.0538. The van der Waals surface area contributed by atoms with E-state index in [1.807, 2.05) is 57.2 Å². The van der Waals surface area contributed by atoms with Crippen LogP contribution >= 0.6 is 0 Å². The number of aromatic nitrogens is 2. The molecule has 0 spiro atoms. The molecule has 9 nitrogen and oxygen atoms in total. The van der Waals surface area contributed by atoms with Crippen LogP contribution in [0.2, 0.25) is 0 Å². The molecule has 37 heavy (non-hydrogen) atoms. The Morgan fingerprint density at radius 2 is 1.97 bits per heavy atom. The van der Waals surface area contributed by atoms with Crippen molar-refractivity contribution >= 4 is 17.6 Å². The van der Waals surface area contributed by atoms with Crippen LogP contribution < -0.4 is 5.32 Å². The highest BCUT2D eigenvalue weighted by molar-refractivity contribution is 6.11. The molecule has 0 saturated carbocycles. The maximum atomic E-state index is 13.7. The predicted octanol–water partition coefficient (Wildman–Crippen LogP) is 3.19. The van der Waals surface area contributed by atoms with Crippen molar-refractivity contribution in [3.05, 3.63) is 71.9 Å². The number of aryl methyl sites for hydroxylation is 1. The van der Waals surface area contributed by atoms with Crippen LogP contribution in [0.15, 0.2) is 64.4 Å². The van der Waals surface area contributed by atoms with Crippen molar-refractivity contribution in [2.24, 2.45) is 10.9 Å². The summed E-state index contributed by atoms with van der Waals surface area (Å²) in [6, 6.07) is 12.7. The van der Waals surface area contributed by atoms with Gasteiger partial charge in [-0.15, -0.1) is 0 Å². The SMILES string of the molecule is Cc1cc([C@@H](C(=O)N2C[C@H](O)C[C@@H]2C2=N[C@](C)(c3ccc(-c4cccnc4)cc3)C(=O)N2)C(C)C)on1. The van der Waals surface area contributed by atoms with E-state index < -0.39 is 23.6 Å². The van der Waals surface area contributed by atoms with Crippen LogP contribution in [0.4, 0.5) is 0 Å². The maximum absolute atomic E-state index is 13.7. The second kappa shape index (κ2) is 9.55. The van der Waals surface area contributed by atoms with E-state index in [1.165, 1.54) is 0 Å². The van der Waals surface area contributed by atoms with Gasteiger partial charge in [-0.25, -0.2) is 4.99 Å². The Hall–Kier alpha value is -3.85. The Morgan fingerprint density at radius 1 is 1.22 bits per heavy atom. The fourth-order valence-corrected chi connectivity index (χ4v) is 5.19. The van der Waals surface area contributed by atoms with E-state index in [0.29, 0.717) is 23.7 Å². The number of nitrogens with zero attached hydrogens (tertiary/aromatic N) is 4. The molecular weight excluding hydrogens is 470 g/mol. The van der Waals surface area contributed by atoms with Crippen LogP contribution in [-0.2, 0) is 15.1 Å². The Bertz CT molecular complexity index is 1330. The summed E-state index contributed by atoms with van der Waals surface area (Å²) in [4.78, 5) is 37.6. The molecule has 192 valence electrons. The zero-order valence-electron chi connectivity index (χ0n) is 21.4. The molecule has 0 aliphatic carbocycles. The van der Waals surface area contributed by atoms with E-state index >= 15 is 0 Å². The van der Waals surface area contributed by atoms with Crippen LogP contribution in [-0.4, -0.2) is 56.5 Å². The Labute approximate surface area is 215 Å². The van der Waals surface area contributed by atoms with Crippen molar-refractivity contribution in [2.45, 2.75) is 57.7 Å². The Balaban J connectivity index is 1.43. The number of carbonyl (C=O) groups excluding carboxylic acids is 2. The summed E-state index contributed by atoms with van der Waals surface area (Å²) in [5, 5.41) is 17.4. The minimum Gasteiger partial charge on any atom is -0.391 e. The number of benzene rings is 1. The van der Waals surface area contributed by atoms with Crippen LogP contribution in [0.25, 0.3) is 11.1 Å². The van der Waals surface area contributed by atoms with Crippen molar-refractivity contribution < 1.29 is 19.2 Å². The molecular formula is C28H31N5O4. The molecule has 1 saturated heterocycles. The third-order valence-corrected chi connectivity index (χ3v) is 7.23. The summed E-state index contributed by atoms with van der Waals surface area (Å²) in [7, 11) is 0. The van der Waals surface area contributed by atoms with Gasteiger partial charge < -0.3 is 19.8 Å². The first kappa shape index (κ1) is 24.8. The average Bonchev–Trinajstić information content (AvgIpc) is 3.57. The minimum atomic E-state index is -1.15. The summed E-state index contributed by atoms with van der Waals surface area (Å²) < 4.78 is 5.44. The number of aliphatic hydroxyl groups is 1. The highest BCUT2D eigenvalue weighted by Crippen LogP contribution is 2.35. The fourth-order valence-electron chi connectivity index (χ4n) is 5.19. The van der Waals surface area contributed by atoms with Gasteiger partial charge in [-0.2, -0.15) is 0 Å². The number of amides is 2. The van der Waals surface area contributed by atoms with E-state index in [0.717, 1.165) is 16.7 Å². The first-order valence-corrected chi connectivity index (χ1v) is 12.5. The third kappa shape index (κ3) is 4.55. The molecule has 9 heteroatoms. The van der Waals surface area contributed by atoms with Gasteiger partial charge in [0, 0.05) is 31.4 Å². The molecule has 3 aromatic rings. The van der Waals surface area contributed by atoms with Crippen molar-refractivity contribution in [3.63, 3.8) is 0 Å². The number of hydrogen-bond acceptors (Lipinski definition) is 7. The van der Waals surface area contributed by atoms with Crippen molar-refractivity contribution in [2.75, 3.05) is 6.54 Å². The largest absolute Gasteiger partial charge is 0.391 e. The van der Waals surface area contributed by atoms with E-state index in [4.69, 9.17) is 9.52 Å². The van der Waals surface area contributed by atoms with E-state index in [2.05, 4.69) is 15.5 Å². The Kier molecular flexibility index (Phi) is 6.41. The van der Waals surface area contributed by atoms with Crippen LogP contribution in [0, 0.1) is 12.8 Å². The van der Waals surface area contributed by atoms with Gasteiger partial charge in [-0.05, 0) is 42.5 Å². The molecule has 2 amide bonds. The molecule has 2 aromatic heterocycles. The lowest BCUT2D eigenvalue weighted by molar-refractivity contribution is -0.134. The second-order valence-corrected chi connectivity index (χ2v) is 10.3. The van der Waals surface area contributed by atoms with Crippen LogP contribution in [0.3, 0.4) is 0 Å². The highest BCUT2D eigenvalue weighted by Gasteiger charge is 2.48. The number of likely N-dealkylation sites (tertiary alicyclic amines) is 1. The van der Waals surface area contributed by atoms with Crippen LogP contribution in [0.1, 0.15) is 50.1 Å². The van der Waals surface area contributed by atoms with Gasteiger partial charge in [0.1, 0.15) is 17.5 Å². The number of aliphatic hydroxyl groups excluding tert-OH is 1. The number of carbonyl (C=O) groups is 2. The van der Waals surface area contributed by atoms with Crippen molar-refractivity contribution in [1.29, 1.82) is 0 Å². The van der Waals surface area contributed by atoms with Crippen LogP contribution in [0.5, 0.6) is 0 Å².